The summed E-state index contributed by atoms with van der Waals surface area (Å²) < 4.78 is 0. The molecule has 9 heteroatoms. The second-order valence-corrected chi connectivity index (χ2v) is 2.32. The van der Waals surface area contributed by atoms with E-state index in [1.165, 1.54) is 0 Å². The number of hydrogen-bond acceptors (Lipinski definition) is 9. The lowest BCUT2D eigenvalue weighted by Gasteiger charge is -2.23. The van der Waals surface area contributed by atoms with Crippen LogP contribution in [0.3, 0.4) is 0 Å². The molecule has 0 unspecified atom stereocenters. The number of nitrogens with zero attached hydrogens (tertiary/aromatic N) is 3. The van der Waals surface area contributed by atoms with Crippen LogP contribution in [0.15, 0.2) is 51.6 Å². The molecule has 0 radical (unpaired) electrons. The first-order chi connectivity index (χ1) is 7.30. The highest BCUT2D eigenvalue weighted by Gasteiger charge is 2.12. The first-order valence-electron chi connectivity index (χ1n) is 3.69. The van der Waals surface area contributed by atoms with Crippen LogP contribution < -0.4 is 16.0 Å². The summed E-state index contributed by atoms with van der Waals surface area (Å²) in [6.45, 7) is 0. The van der Waals surface area contributed by atoms with Gasteiger partial charge in [0.25, 0.3) is 0 Å². The molecule has 0 spiro atoms. The number of nitrogens with one attached hydrogen (secondary N) is 3. The van der Waals surface area contributed by atoms with E-state index >= 15 is 0 Å². The average molecular weight is 210 g/mol. The van der Waals surface area contributed by atoms with Crippen molar-refractivity contribution in [1.82, 2.24) is 16.0 Å². The zero-order valence-corrected chi connectivity index (χ0v) is 7.30. The zero-order valence-electron chi connectivity index (χ0n) is 7.30. The van der Waals surface area contributed by atoms with Crippen LogP contribution in [0.25, 0.3) is 0 Å². The minimum atomic E-state index is 0.188. The normalized spacial score (nSPS) is 14.0. The highest BCUT2D eigenvalue weighted by Crippen LogP contribution is 2.03. The van der Waals surface area contributed by atoms with Crippen molar-refractivity contribution in [3.8, 4) is 0 Å². The molecule has 15 heavy (non-hydrogen) atoms. The minimum absolute atomic E-state index is 0.188. The Morgan fingerprint density at radius 3 is 1.13 bits per heavy atom. The van der Waals surface area contributed by atoms with E-state index in [2.05, 4.69) is 31.5 Å². The topological polar surface area (TPSA) is 124 Å². The Labute approximate surface area is 83.2 Å². The summed E-state index contributed by atoms with van der Waals surface area (Å²) in [6.07, 6.45) is 2.79. The molecule has 1 aliphatic heterocycles. The lowest BCUT2D eigenvalue weighted by molar-refractivity contribution is 0.656. The molecule has 0 aromatic rings. The standard InChI is InChI=1S/C6H6N6O3/c13-7-1-4-10-5(2-8-14)12-6(11-4)3-9-15/h1-3,10-12H. The van der Waals surface area contributed by atoms with Gasteiger partial charge in [0.15, 0.2) is 0 Å². The summed E-state index contributed by atoms with van der Waals surface area (Å²) in [6, 6.07) is 0. The molecule has 0 atom stereocenters. The van der Waals surface area contributed by atoms with Crippen molar-refractivity contribution in [2.75, 3.05) is 0 Å². The van der Waals surface area contributed by atoms with E-state index in [0.29, 0.717) is 0 Å². The molecular formula is C6H6N6O3. The second kappa shape index (κ2) is 5.21. The molecule has 78 valence electrons. The van der Waals surface area contributed by atoms with Crippen molar-refractivity contribution in [3.05, 3.63) is 50.8 Å². The van der Waals surface area contributed by atoms with Crippen LogP contribution in [-0.2, 0) is 0 Å². The van der Waals surface area contributed by atoms with Gasteiger partial charge in [-0.3, -0.25) is 0 Å². The van der Waals surface area contributed by atoms with Gasteiger partial charge in [0, 0.05) is 0 Å². The van der Waals surface area contributed by atoms with E-state index in [1.54, 1.807) is 0 Å². The van der Waals surface area contributed by atoms with E-state index in [9.17, 15) is 14.7 Å². The average Bonchev–Trinajstić information content (AvgIpc) is 2.19. The lowest BCUT2D eigenvalue weighted by atomic mass is 10.5. The van der Waals surface area contributed by atoms with Gasteiger partial charge >= 0.3 is 0 Å². The maximum atomic E-state index is 9.97. The summed E-state index contributed by atoms with van der Waals surface area (Å²) in [7, 11) is 0. The fourth-order valence-electron chi connectivity index (χ4n) is 0.881. The van der Waals surface area contributed by atoms with Crippen LogP contribution in [0.4, 0.5) is 0 Å². The highest BCUT2D eigenvalue weighted by atomic mass is 16.3. The number of hydrogen-bond donors (Lipinski definition) is 3. The third-order valence-corrected chi connectivity index (χ3v) is 1.35. The molecule has 3 N–H and O–H groups in total. The molecular weight excluding hydrogens is 204 g/mol. The summed E-state index contributed by atoms with van der Waals surface area (Å²) in [5.41, 5.74) is 0. The van der Waals surface area contributed by atoms with Gasteiger partial charge in [-0.2, -0.15) is 0 Å². The van der Waals surface area contributed by atoms with Crippen molar-refractivity contribution in [2.45, 2.75) is 0 Å². The molecule has 1 fully saturated rings. The minimum Gasteiger partial charge on any atom is -0.325 e. The Bertz CT molecular complexity index is 302. The van der Waals surface area contributed by atoms with Gasteiger partial charge in [0.1, 0.15) is 36.1 Å². The molecule has 9 nitrogen and oxygen atoms in total. The van der Waals surface area contributed by atoms with Crippen molar-refractivity contribution in [3.63, 3.8) is 0 Å². The monoisotopic (exact) mass is 210 g/mol. The van der Waals surface area contributed by atoms with Gasteiger partial charge in [-0.15, -0.1) is 14.7 Å². The van der Waals surface area contributed by atoms with Crippen molar-refractivity contribution < 1.29 is 0 Å². The predicted octanol–water partition coefficient (Wildman–Crippen LogP) is 0.465. The molecule has 0 aromatic heterocycles. The van der Waals surface area contributed by atoms with E-state index in [0.717, 1.165) is 18.6 Å². The van der Waals surface area contributed by atoms with Crippen LogP contribution in [0.5, 0.6) is 0 Å². The molecule has 0 aromatic carbocycles. The van der Waals surface area contributed by atoms with E-state index < -0.39 is 0 Å². The summed E-state index contributed by atoms with van der Waals surface area (Å²) in [4.78, 5) is 29.9. The third kappa shape index (κ3) is 2.99. The predicted molar refractivity (Wildman–Crippen MR) is 51.0 cm³/mol. The van der Waals surface area contributed by atoms with Gasteiger partial charge in [0.2, 0.25) is 0 Å². The van der Waals surface area contributed by atoms with Crippen molar-refractivity contribution in [2.24, 2.45) is 15.5 Å². The van der Waals surface area contributed by atoms with Crippen LogP contribution in [0.1, 0.15) is 0 Å². The molecule has 0 aliphatic carbocycles. The molecule has 0 saturated carbocycles. The lowest BCUT2D eigenvalue weighted by Crippen LogP contribution is -2.42. The molecule has 1 heterocycles. The molecule has 1 rings (SSSR count). The first kappa shape index (κ1) is 10.5. The van der Waals surface area contributed by atoms with Gasteiger partial charge < -0.3 is 16.0 Å². The largest absolute Gasteiger partial charge is 0.325 e. The van der Waals surface area contributed by atoms with Gasteiger partial charge in [-0.25, -0.2) is 0 Å². The maximum Gasteiger partial charge on any atom is 0.132 e. The summed E-state index contributed by atoms with van der Waals surface area (Å²) in [5, 5.41) is 15.3. The number of rotatable bonds is 3. The second-order valence-electron chi connectivity index (χ2n) is 2.32. The fraction of sp³-hybridized carbons (Fsp3) is 0. The highest BCUT2D eigenvalue weighted by molar-refractivity contribution is 5.22. The van der Waals surface area contributed by atoms with Gasteiger partial charge in [0.05, 0.1) is 0 Å². The first-order valence-corrected chi connectivity index (χ1v) is 3.69. The van der Waals surface area contributed by atoms with E-state index in [1.807, 2.05) is 0 Å². The van der Waals surface area contributed by atoms with E-state index in [4.69, 9.17) is 0 Å². The maximum absolute atomic E-state index is 9.97. The van der Waals surface area contributed by atoms with E-state index in [-0.39, 0.29) is 17.5 Å². The Morgan fingerprint density at radius 1 is 0.667 bits per heavy atom. The molecule has 0 amide bonds. The van der Waals surface area contributed by atoms with Gasteiger partial charge in [-0.05, 0) is 15.5 Å². The van der Waals surface area contributed by atoms with Crippen molar-refractivity contribution in [1.29, 1.82) is 0 Å². The number of nitroso groups, excluding NO2 is 3. The van der Waals surface area contributed by atoms with Crippen LogP contribution in [-0.4, -0.2) is 0 Å². The molecule has 1 saturated heterocycles. The van der Waals surface area contributed by atoms with Gasteiger partial charge in [-0.1, -0.05) is 0 Å². The Balaban J connectivity index is 2.91. The smallest absolute Gasteiger partial charge is 0.132 e. The fourth-order valence-corrected chi connectivity index (χ4v) is 0.881. The zero-order chi connectivity index (χ0) is 11.1. The van der Waals surface area contributed by atoms with Crippen LogP contribution in [0, 0.1) is 14.7 Å². The Hall–Kier alpha value is -2.58. The Kier molecular flexibility index (Phi) is 3.65. The SMILES string of the molecule is O=NC=C1NC(=CN=O)NC(=CN=O)N1. The van der Waals surface area contributed by atoms with Crippen LogP contribution >= 0.6 is 0 Å². The molecule has 1 aliphatic rings. The summed E-state index contributed by atoms with van der Waals surface area (Å²) in [5.74, 6) is 0.565. The van der Waals surface area contributed by atoms with Crippen molar-refractivity contribution >= 4 is 0 Å². The summed E-state index contributed by atoms with van der Waals surface area (Å²) >= 11 is 0. The third-order valence-electron chi connectivity index (χ3n) is 1.35. The van der Waals surface area contributed by atoms with Crippen LogP contribution in [0.2, 0.25) is 0 Å². The molecule has 0 bridgehead atoms. The quantitative estimate of drug-likeness (QED) is 0.581. The Morgan fingerprint density at radius 2 is 0.933 bits per heavy atom.